The number of alkyl halides is 3. The van der Waals surface area contributed by atoms with Crippen LogP contribution in [0.2, 0.25) is 0 Å². The molecule has 0 bridgehead atoms. The van der Waals surface area contributed by atoms with Gasteiger partial charge in [-0.1, -0.05) is 0 Å². The van der Waals surface area contributed by atoms with E-state index in [4.69, 9.17) is 0 Å². The van der Waals surface area contributed by atoms with Gasteiger partial charge in [-0.2, -0.15) is 18.3 Å². The summed E-state index contributed by atoms with van der Waals surface area (Å²) >= 11 is 0. The molecule has 0 atom stereocenters. The minimum atomic E-state index is -4.58. The van der Waals surface area contributed by atoms with Gasteiger partial charge in [0.15, 0.2) is 0 Å². The number of hydrogen-bond donors (Lipinski definition) is 0. The Balaban J connectivity index is 2.38. The number of halogens is 4. The average molecular weight is 273 g/mol. The van der Waals surface area contributed by atoms with E-state index in [-0.39, 0.29) is 17.8 Å². The molecule has 0 amide bonds. The molecule has 1 aromatic carbocycles. The van der Waals surface area contributed by atoms with E-state index < -0.39 is 17.6 Å². The zero-order valence-electron chi connectivity index (χ0n) is 9.36. The van der Waals surface area contributed by atoms with E-state index in [2.05, 4.69) is 10.3 Å². The monoisotopic (exact) mass is 273 g/mol. The van der Waals surface area contributed by atoms with Gasteiger partial charge in [-0.3, -0.25) is 4.68 Å². The lowest BCUT2D eigenvalue weighted by atomic mass is 10.1. The molecule has 100 valence electrons. The normalized spacial score (nSPS) is 11.6. The van der Waals surface area contributed by atoms with E-state index in [0.29, 0.717) is 6.07 Å². The molecule has 0 aliphatic carbocycles. The number of aromatic nitrogens is 2. The summed E-state index contributed by atoms with van der Waals surface area (Å²) in [6.07, 6.45) is -2.29. The van der Waals surface area contributed by atoms with Crippen LogP contribution in [0.1, 0.15) is 11.1 Å². The van der Waals surface area contributed by atoms with Crippen molar-refractivity contribution in [1.29, 1.82) is 0 Å². The molecule has 0 unspecified atom stereocenters. The Labute approximate surface area is 104 Å². The molecule has 0 fully saturated rings. The minimum absolute atomic E-state index is 0.00929. The topological polar surface area (TPSA) is 47.2 Å². The first-order chi connectivity index (χ1) is 8.90. The van der Waals surface area contributed by atoms with Crippen molar-refractivity contribution in [3.63, 3.8) is 0 Å². The summed E-state index contributed by atoms with van der Waals surface area (Å²) in [4.78, 5) is 10.2. The van der Waals surface area contributed by atoms with Crippen molar-refractivity contribution in [3.05, 3.63) is 52.4 Å². The number of nitrogens with zero attached hydrogens (tertiary/aromatic N) is 3. The maximum Gasteiger partial charge on any atom is 0.416 e. The van der Waals surface area contributed by atoms with Crippen LogP contribution in [0.5, 0.6) is 0 Å². The van der Waals surface area contributed by atoms with Crippen LogP contribution < -0.4 is 0 Å². The lowest BCUT2D eigenvalue weighted by Crippen LogP contribution is -2.12. The summed E-state index contributed by atoms with van der Waals surface area (Å²) in [6, 6.07) is 2.21. The Morgan fingerprint density at radius 2 is 2.05 bits per heavy atom. The predicted octanol–water partition coefficient (Wildman–Crippen LogP) is 3.49. The Kier molecular flexibility index (Phi) is 3.32. The molecule has 0 saturated carbocycles. The van der Waals surface area contributed by atoms with E-state index in [9.17, 15) is 22.5 Å². The summed E-state index contributed by atoms with van der Waals surface area (Å²) in [5, 5.41) is 6.26. The zero-order valence-corrected chi connectivity index (χ0v) is 9.36. The van der Waals surface area contributed by atoms with Crippen LogP contribution in [0.3, 0.4) is 0 Å². The van der Waals surface area contributed by atoms with Gasteiger partial charge in [0, 0.05) is 0 Å². The smallest absolute Gasteiger partial charge is 0.266 e. The van der Waals surface area contributed by atoms with E-state index in [0.717, 1.165) is 23.0 Å². The van der Waals surface area contributed by atoms with Crippen LogP contribution in [0.25, 0.3) is 0 Å². The number of hydrogen-bond acceptors (Lipinski definition) is 3. The van der Waals surface area contributed by atoms with Crippen LogP contribution in [-0.4, -0.2) is 9.78 Å². The van der Waals surface area contributed by atoms with Crippen LogP contribution in [0.15, 0.2) is 35.8 Å². The second-order valence-electron chi connectivity index (χ2n) is 3.79. The first-order valence-electron chi connectivity index (χ1n) is 5.11. The highest BCUT2D eigenvalue weighted by atomic mass is 19.4. The largest absolute Gasteiger partial charge is 0.416 e. The fourth-order valence-corrected chi connectivity index (χ4v) is 1.63. The number of nitroso groups, excluding NO2 is 1. The second kappa shape index (κ2) is 4.79. The van der Waals surface area contributed by atoms with Gasteiger partial charge in [0.2, 0.25) is 0 Å². The van der Waals surface area contributed by atoms with Crippen molar-refractivity contribution in [2.75, 3.05) is 0 Å². The van der Waals surface area contributed by atoms with E-state index >= 15 is 0 Å². The maximum absolute atomic E-state index is 13.0. The predicted molar refractivity (Wildman–Crippen MR) is 58.2 cm³/mol. The molecule has 2 rings (SSSR count). The molecule has 4 nitrogen and oxygen atoms in total. The van der Waals surface area contributed by atoms with E-state index in [1.54, 1.807) is 0 Å². The highest BCUT2D eigenvalue weighted by Gasteiger charge is 2.33. The summed E-state index contributed by atoms with van der Waals surface area (Å²) in [5.41, 5.74) is -1.22. The van der Waals surface area contributed by atoms with Crippen molar-refractivity contribution in [3.8, 4) is 0 Å². The molecule has 2 aromatic rings. The van der Waals surface area contributed by atoms with Crippen LogP contribution >= 0.6 is 0 Å². The van der Waals surface area contributed by atoms with Crippen molar-refractivity contribution < 1.29 is 17.6 Å². The summed E-state index contributed by atoms with van der Waals surface area (Å²) < 4.78 is 52.3. The van der Waals surface area contributed by atoms with Gasteiger partial charge >= 0.3 is 6.18 Å². The minimum Gasteiger partial charge on any atom is -0.266 e. The van der Waals surface area contributed by atoms with E-state index in [1.165, 1.54) is 6.20 Å². The highest BCUT2D eigenvalue weighted by Crippen LogP contribution is 2.32. The fourth-order valence-electron chi connectivity index (χ4n) is 1.63. The number of benzene rings is 1. The molecule has 19 heavy (non-hydrogen) atoms. The van der Waals surface area contributed by atoms with Gasteiger partial charge in [0.25, 0.3) is 0 Å². The molecule has 1 aromatic heterocycles. The van der Waals surface area contributed by atoms with Gasteiger partial charge in [-0.05, 0) is 28.9 Å². The molecule has 0 saturated heterocycles. The molecule has 0 spiro atoms. The molecule has 0 aliphatic rings. The molecule has 0 N–H and O–H groups in total. The third-order valence-electron chi connectivity index (χ3n) is 2.43. The fraction of sp³-hybridized carbons (Fsp3) is 0.182. The Morgan fingerprint density at radius 3 is 2.63 bits per heavy atom. The molecule has 8 heteroatoms. The molecular formula is C11H7F4N3O. The summed E-state index contributed by atoms with van der Waals surface area (Å²) in [6.45, 7) is -0.303. The lowest BCUT2D eigenvalue weighted by molar-refractivity contribution is -0.138. The Morgan fingerprint density at radius 1 is 1.32 bits per heavy atom. The third kappa shape index (κ3) is 2.95. The molecule has 0 radical (unpaired) electrons. The van der Waals surface area contributed by atoms with Gasteiger partial charge < -0.3 is 0 Å². The Hall–Kier alpha value is -2.25. The van der Waals surface area contributed by atoms with Crippen LogP contribution in [-0.2, 0) is 12.7 Å². The summed E-state index contributed by atoms with van der Waals surface area (Å²) in [5.74, 6) is -0.774. The first-order valence-corrected chi connectivity index (χ1v) is 5.11. The van der Waals surface area contributed by atoms with Gasteiger partial charge in [0.05, 0.1) is 24.5 Å². The highest BCUT2D eigenvalue weighted by molar-refractivity contribution is 5.33. The van der Waals surface area contributed by atoms with Crippen LogP contribution in [0.4, 0.5) is 23.2 Å². The average Bonchev–Trinajstić information content (AvgIpc) is 2.75. The van der Waals surface area contributed by atoms with Gasteiger partial charge in [-0.15, -0.1) is 4.91 Å². The second-order valence-corrected chi connectivity index (χ2v) is 3.79. The molecule has 1 heterocycles. The van der Waals surface area contributed by atoms with Crippen molar-refractivity contribution in [2.45, 2.75) is 12.7 Å². The first kappa shape index (κ1) is 13.2. The van der Waals surface area contributed by atoms with Crippen molar-refractivity contribution in [1.82, 2.24) is 9.78 Å². The zero-order chi connectivity index (χ0) is 14.0. The van der Waals surface area contributed by atoms with E-state index in [1.807, 2.05) is 0 Å². The van der Waals surface area contributed by atoms with Gasteiger partial charge in [-0.25, -0.2) is 4.39 Å². The molecule has 0 aliphatic heterocycles. The quantitative estimate of drug-likeness (QED) is 0.634. The standard InChI is InChI=1S/C11H7F4N3O/c12-8-1-2-10(11(13,14)15)7(3-8)5-18-6-9(17-19)4-16-18/h1-4,6H,5H2. The maximum atomic E-state index is 13.0. The Bertz CT molecular complexity index is 606. The van der Waals surface area contributed by atoms with Crippen molar-refractivity contribution in [2.24, 2.45) is 5.18 Å². The molecular weight excluding hydrogens is 266 g/mol. The number of rotatable bonds is 3. The van der Waals surface area contributed by atoms with Crippen LogP contribution in [0, 0.1) is 10.7 Å². The lowest BCUT2D eigenvalue weighted by Gasteiger charge is -2.12. The van der Waals surface area contributed by atoms with Crippen molar-refractivity contribution >= 4 is 5.69 Å². The SMILES string of the molecule is O=Nc1cnn(Cc2cc(F)ccc2C(F)(F)F)c1. The third-order valence-corrected chi connectivity index (χ3v) is 2.43. The summed E-state index contributed by atoms with van der Waals surface area (Å²) in [7, 11) is 0. The van der Waals surface area contributed by atoms with Gasteiger partial charge in [0.1, 0.15) is 11.5 Å².